The molecule has 1 rings (SSSR count). The van der Waals surface area contributed by atoms with Crippen molar-refractivity contribution in [3.05, 3.63) is 29.8 Å². The zero-order valence-corrected chi connectivity index (χ0v) is 7.82. The highest BCUT2D eigenvalue weighted by atomic mass is 35.7. The van der Waals surface area contributed by atoms with Gasteiger partial charge in [0.15, 0.2) is 0 Å². The summed E-state index contributed by atoms with van der Waals surface area (Å²) < 4.78 is 45.4. The Morgan fingerprint density at radius 2 is 1.62 bits per heavy atom. The molecule has 13 heavy (non-hydrogen) atoms. The van der Waals surface area contributed by atoms with Gasteiger partial charge in [-0.15, -0.1) is 0 Å². The first-order chi connectivity index (χ1) is 5.91. The number of rotatable bonds is 2. The van der Waals surface area contributed by atoms with Crippen LogP contribution in [0.4, 0.5) is 8.78 Å². The molecule has 0 aliphatic rings. The summed E-state index contributed by atoms with van der Waals surface area (Å²) in [4.78, 5) is -0.182. The average Bonchev–Trinajstić information content (AvgIpc) is 2.03. The predicted molar refractivity (Wildman–Crippen MR) is 44.4 cm³/mol. The van der Waals surface area contributed by atoms with Crippen molar-refractivity contribution in [3.8, 4) is 0 Å². The Morgan fingerprint density at radius 1 is 1.15 bits per heavy atom. The summed E-state index contributed by atoms with van der Waals surface area (Å²) in [5.41, 5.74) is -0.232. The average molecular weight is 227 g/mol. The summed E-state index contributed by atoms with van der Waals surface area (Å²) >= 11 is 0. The van der Waals surface area contributed by atoms with E-state index in [1.54, 1.807) is 0 Å². The first-order valence-electron chi connectivity index (χ1n) is 3.24. The van der Waals surface area contributed by atoms with Crippen molar-refractivity contribution >= 4 is 19.7 Å². The van der Waals surface area contributed by atoms with E-state index in [9.17, 15) is 17.2 Å². The van der Waals surface area contributed by atoms with Gasteiger partial charge in [0, 0.05) is 16.2 Å². The number of hydrogen-bond acceptors (Lipinski definition) is 2. The van der Waals surface area contributed by atoms with Crippen LogP contribution in [0, 0.1) is 0 Å². The van der Waals surface area contributed by atoms with Gasteiger partial charge in [-0.3, -0.25) is 0 Å². The van der Waals surface area contributed by atoms with Crippen molar-refractivity contribution in [1.82, 2.24) is 0 Å². The van der Waals surface area contributed by atoms with E-state index < -0.39 is 15.5 Å². The van der Waals surface area contributed by atoms with Gasteiger partial charge in [0.05, 0.1) is 4.90 Å². The maximum atomic E-state index is 12.0. The molecule has 0 N–H and O–H groups in total. The minimum atomic E-state index is -3.82. The van der Waals surface area contributed by atoms with Crippen molar-refractivity contribution in [2.75, 3.05) is 0 Å². The Bertz CT molecular complexity index is 385. The first-order valence-corrected chi connectivity index (χ1v) is 5.55. The molecule has 0 heterocycles. The van der Waals surface area contributed by atoms with Crippen molar-refractivity contribution < 1.29 is 17.2 Å². The van der Waals surface area contributed by atoms with Crippen LogP contribution in [-0.4, -0.2) is 8.42 Å². The highest BCUT2D eigenvalue weighted by Gasteiger charge is 2.11. The fourth-order valence-corrected chi connectivity index (χ4v) is 1.55. The molecule has 0 aromatic heterocycles. The maximum absolute atomic E-state index is 12.0. The highest BCUT2D eigenvalue weighted by Crippen LogP contribution is 2.21. The van der Waals surface area contributed by atoms with Gasteiger partial charge < -0.3 is 0 Å². The largest absolute Gasteiger partial charge is 0.263 e. The van der Waals surface area contributed by atoms with Gasteiger partial charge in [-0.2, -0.15) is 0 Å². The summed E-state index contributed by atoms with van der Waals surface area (Å²) in [7, 11) is 1.16. The fourth-order valence-electron chi connectivity index (χ4n) is 0.776. The van der Waals surface area contributed by atoms with Gasteiger partial charge in [0.2, 0.25) is 0 Å². The Morgan fingerprint density at radius 3 is 1.92 bits per heavy atom. The lowest BCUT2D eigenvalue weighted by Crippen LogP contribution is -1.91. The van der Waals surface area contributed by atoms with E-state index in [1.165, 1.54) is 0 Å². The number of alkyl halides is 2. The Labute approximate surface area is 78.6 Å². The van der Waals surface area contributed by atoms with E-state index in [0.29, 0.717) is 0 Å². The quantitative estimate of drug-likeness (QED) is 0.727. The molecule has 1 aromatic rings. The standard InChI is InChI=1S/C7H5ClF2O2S/c8-13(11,12)6-3-1-5(2-4-6)7(9)10/h1-4,7H. The molecular formula is C7H5ClF2O2S. The molecule has 2 nitrogen and oxygen atoms in total. The van der Waals surface area contributed by atoms with E-state index in [2.05, 4.69) is 0 Å². The van der Waals surface area contributed by atoms with E-state index in [0.717, 1.165) is 24.3 Å². The van der Waals surface area contributed by atoms with Gasteiger partial charge in [-0.1, -0.05) is 12.1 Å². The van der Waals surface area contributed by atoms with Crippen LogP contribution in [0.15, 0.2) is 29.2 Å². The van der Waals surface area contributed by atoms with Crippen LogP contribution in [0.5, 0.6) is 0 Å². The molecule has 0 radical (unpaired) electrons. The predicted octanol–water partition coefficient (Wildman–Crippen LogP) is 2.55. The summed E-state index contributed by atoms with van der Waals surface area (Å²) in [6.45, 7) is 0. The van der Waals surface area contributed by atoms with Gasteiger partial charge in [0.25, 0.3) is 15.5 Å². The molecule has 0 amide bonds. The molecule has 6 heteroatoms. The molecule has 0 unspecified atom stereocenters. The third-order valence-electron chi connectivity index (χ3n) is 1.41. The second-order valence-electron chi connectivity index (χ2n) is 2.31. The minimum Gasteiger partial charge on any atom is -0.207 e. The summed E-state index contributed by atoms with van der Waals surface area (Å²) in [6, 6.07) is 4.15. The topological polar surface area (TPSA) is 34.1 Å². The first kappa shape index (κ1) is 10.4. The minimum absolute atomic E-state index is 0.182. The second-order valence-corrected chi connectivity index (χ2v) is 4.87. The molecule has 0 saturated heterocycles. The fraction of sp³-hybridized carbons (Fsp3) is 0.143. The van der Waals surface area contributed by atoms with Gasteiger partial charge in [0.1, 0.15) is 0 Å². The number of hydrogen-bond donors (Lipinski definition) is 0. The van der Waals surface area contributed by atoms with Gasteiger partial charge in [-0.25, -0.2) is 17.2 Å². The van der Waals surface area contributed by atoms with Crippen LogP contribution >= 0.6 is 10.7 Å². The van der Waals surface area contributed by atoms with Crippen LogP contribution in [-0.2, 0) is 9.05 Å². The van der Waals surface area contributed by atoms with Crippen molar-refractivity contribution in [2.45, 2.75) is 11.3 Å². The monoisotopic (exact) mass is 226 g/mol. The van der Waals surface area contributed by atoms with Gasteiger partial charge >= 0.3 is 0 Å². The van der Waals surface area contributed by atoms with Crippen LogP contribution < -0.4 is 0 Å². The van der Waals surface area contributed by atoms with Gasteiger partial charge in [-0.05, 0) is 12.1 Å². The lowest BCUT2D eigenvalue weighted by atomic mass is 10.2. The van der Waals surface area contributed by atoms with Crippen molar-refractivity contribution in [1.29, 1.82) is 0 Å². The molecule has 0 aliphatic heterocycles. The zero-order valence-electron chi connectivity index (χ0n) is 6.25. The van der Waals surface area contributed by atoms with Crippen LogP contribution in [0.3, 0.4) is 0 Å². The van der Waals surface area contributed by atoms with Crippen LogP contribution in [0.1, 0.15) is 12.0 Å². The summed E-state index contributed by atoms with van der Waals surface area (Å²) in [5, 5.41) is 0. The molecule has 0 aliphatic carbocycles. The molecule has 0 bridgehead atoms. The number of halogens is 3. The van der Waals surface area contributed by atoms with Crippen molar-refractivity contribution in [2.24, 2.45) is 0 Å². The smallest absolute Gasteiger partial charge is 0.207 e. The number of benzene rings is 1. The highest BCUT2D eigenvalue weighted by molar-refractivity contribution is 8.13. The molecule has 0 atom stereocenters. The molecule has 0 spiro atoms. The lowest BCUT2D eigenvalue weighted by Gasteiger charge is -1.99. The van der Waals surface area contributed by atoms with E-state index in [1.807, 2.05) is 0 Å². The molecular weight excluding hydrogens is 222 g/mol. The molecule has 0 fully saturated rings. The Hall–Kier alpha value is -0.680. The van der Waals surface area contributed by atoms with Crippen molar-refractivity contribution in [3.63, 3.8) is 0 Å². The van der Waals surface area contributed by atoms with E-state index >= 15 is 0 Å². The Kier molecular flexibility index (Phi) is 2.87. The molecule has 1 aromatic carbocycles. The SMILES string of the molecule is O=S(=O)(Cl)c1ccc(C(F)F)cc1. The zero-order chi connectivity index (χ0) is 10.1. The third kappa shape index (κ3) is 2.63. The van der Waals surface area contributed by atoms with E-state index in [-0.39, 0.29) is 10.5 Å². The molecule has 72 valence electrons. The van der Waals surface area contributed by atoms with E-state index in [4.69, 9.17) is 10.7 Å². The molecule has 0 saturated carbocycles. The summed E-state index contributed by atoms with van der Waals surface area (Å²) in [6.07, 6.45) is -2.60. The summed E-state index contributed by atoms with van der Waals surface area (Å²) in [5.74, 6) is 0. The van der Waals surface area contributed by atoms with Crippen LogP contribution in [0.2, 0.25) is 0 Å². The lowest BCUT2D eigenvalue weighted by molar-refractivity contribution is 0.151. The van der Waals surface area contributed by atoms with Crippen LogP contribution in [0.25, 0.3) is 0 Å². The second kappa shape index (κ2) is 3.59. The Balaban J connectivity index is 3.08. The third-order valence-corrected chi connectivity index (χ3v) is 2.78. The normalized spacial score (nSPS) is 12.0. The maximum Gasteiger partial charge on any atom is 0.263 e.